The standard InChI is InChI=1S/C15H18N2O/c1-3-4-15-16-9-10-17(15)11-14(18)13-7-5-12(2)6-8-13/h5-10H,3-4,11H2,1-2H3. The van der Waals surface area contributed by atoms with Crippen molar-refractivity contribution in [1.82, 2.24) is 9.55 Å². The molecule has 0 spiro atoms. The lowest BCUT2D eigenvalue weighted by atomic mass is 10.1. The van der Waals surface area contributed by atoms with Gasteiger partial charge in [-0.3, -0.25) is 4.79 Å². The van der Waals surface area contributed by atoms with Crippen LogP contribution in [0.2, 0.25) is 0 Å². The number of nitrogens with zero attached hydrogens (tertiary/aromatic N) is 2. The van der Waals surface area contributed by atoms with Crippen LogP contribution in [0.1, 0.15) is 35.1 Å². The summed E-state index contributed by atoms with van der Waals surface area (Å²) in [5.41, 5.74) is 1.93. The number of hydrogen-bond donors (Lipinski definition) is 0. The molecule has 2 aromatic rings. The summed E-state index contributed by atoms with van der Waals surface area (Å²) in [6.07, 6.45) is 5.58. The van der Waals surface area contributed by atoms with Gasteiger partial charge in [0, 0.05) is 24.4 Å². The Bertz CT molecular complexity index is 526. The van der Waals surface area contributed by atoms with Gasteiger partial charge in [0.05, 0.1) is 6.54 Å². The lowest BCUT2D eigenvalue weighted by molar-refractivity contribution is 0.0971. The van der Waals surface area contributed by atoms with Crippen LogP contribution >= 0.6 is 0 Å². The summed E-state index contributed by atoms with van der Waals surface area (Å²) in [5, 5.41) is 0. The summed E-state index contributed by atoms with van der Waals surface area (Å²) in [4.78, 5) is 16.4. The van der Waals surface area contributed by atoms with Gasteiger partial charge in [0.15, 0.2) is 5.78 Å². The zero-order valence-corrected chi connectivity index (χ0v) is 10.9. The quantitative estimate of drug-likeness (QED) is 0.755. The molecule has 0 unspecified atom stereocenters. The molecular formula is C15H18N2O. The summed E-state index contributed by atoms with van der Waals surface area (Å²) >= 11 is 0. The van der Waals surface area contributed by atoms with Crippen molar-refractivity contribution in [3.05, 3.63) is 53.6 Å². The van der Waals surface area contributed by atoms with Crippen LogP contribution in [0.3, 0.4) is 0 Å². The molecule has 0 N–H and O–H groups in total. The van der Waals surface area contributed by atoms with E-state index in [0.29, 0.717) is 6.54 Å². The van der Waals surface area contributed by atoms with E-state index in [4.69, 9.17) is 0 Å². The molecule has 1 aromatic heterocycles. The van der Waals surface area contributed by atoms with Crippen LogP contribution in [-0.2, 0) is 13.0 Å². The van der Waals surface area contributed by atoms with Gasteiger partial charge in [0.2, 0.25) is 0 Å². The summed E-state index contributed by atoms with van der Waals surface area (Å²) < 4.78 is 1.94. The Morgan fingerprint density at radius 3 is 2.67 bits per heavy atom. The number of ketones is 1. The molecule has 3 nitrogen and oxygen atoms in total. The minimum Gasteiger partial charge on any atom is -0.327 e. The Kier molecular flexibility index (Phi) is 3.92. The first-order chi connectivity index (χ1) is 8.70. The Morgan fingerprint density at radius 2 is 2.00 bits per heavy atom. The lowest BCUT2D eigenvalue weighted by Crippen LogP contribution is -2.12. The molecule has 0 aliphatic rings. The fraction of sp³-hybridized carbons (Fsp3) is 0.333. The Labute approximate surface area is 107 Å². The van der Waals surface area contributed by atoms with E-state index in [2.05, 4.69) is 11.9 Å². The largest absolute Gasteiger partial charge is 0.327 e. The first-order valence-corrected chi connectivity index (χ1v) is 6.30. The van der Waals surface area contributed by atoms with Crippen LogP contribution in [0.4, 0.5) is 0 Å². The molecule has 1 aromatic carbocycles. The number of rotatable bonds is 5. The first kappa shape index (κ1) is 12.6. The van der Waals surface area contributed by atoms with Crippen molar-refractivity contribution in [2.75, 3.05) is 0 Å². The molecule has 0 saturated heterocycles. The van der Waals surface area contributed by atoms with E-state index in [1.54, 1.807) is 6.20 Å². The lowest BCUT2D eigenvalue weighted by Gasteiger charge is -2.06. The number of imidazole rings is 1. The monoisotopic (exact) mass is 242 g/mol. The van der Waals surface area contributed by atoms with Crippen LogP contribution in [0.5, 0.6) is 0 Å². The second kappa shape index (κ2) is 5.63. The maximum absolute atomic E-state index is 12.1. The third kappa shape index (κ3) is 2.86. The summed E-state index contributed by atoms with van der Waals surface area (Å²) in [6, 6.07) is 7.70. The van der Waals surface area contributed by atoms with E-state index in [1.165, 1.54) is 5.56 Å². The van der Waals surface area contributed by atoms with Crippen LogP contribution in [-0.4, -0.2) is 15.3 Å². The first-order valence-electron chi connectivity index (χ1n) is 6.30. The van der Waals surface area contributed by atoms with Gasteiger partial charge in [-0.15, -0.1) is 0 Å². The molecule has 1 heterocycles. The summed E-state index contributed by atoms with van der Waals surface area (Å²) in [7, 11) is 0. The van der Waals surface area contributed by atoms with Crippen molar-refractivity contribution in [2.45, 2.75) is 33.2 Å². The van der Waals surface area contributed by atoms with Crippen LogP contribution in [0.25, 0.3) is 0 Å². The predicted molar refractivity (Wildman–Crippen MR) is 71.7 cm³/mol. The fourth-order valence-electron chi connectivity index (χ4n) is 1.92. The Hall–Kier alpha value is -1.90. The SMILES string of the molecule is CCCc1nccn1CC(=O)c1ccc(C)cc1. The highest BCUT2D eigenvalue weighted by atomic mass is 16.1. The summed E-state index contributed by atoms with van der Waals surface area (Å²) in [5.74, 6) is 1.11. The molecule has 0 saturated carbocycles. The predicted octanol–water partition coefficient (Wildman–Crippen LogP) is 3.03. The van der Waals surface area contributed by atoms with Crippen LogP contribution in [0.15, 0.2) is 36.7 Å². The van der Waals surface area contributed by atoms with Crippen LogP contribution < -0.4 is 0 Å². The number of benzene rings is 1. The topological polar surface area (TPSA) is 34.9 Å². The van der Waals surface area contributed by atoms with E-state index < -0.39 is 0 Å². The van der Waals surface area contributed by atoms with Gasteiger partial charge in [-0.05, 0) is 13.3 Å². The molecule has 0 bridgehead atoms. The average molecular weight is 242 g/mol. The highest BCUT2D eigenvalue weighted by Crippen LogP contribution is 2.08. The van der Waals surface area contributed by atoms with E-state index in [9.17, 15) is 4.79 Å². The number of aromatic nitrogens is 2. The van der Waals surface area contributed by atoms with Crippen molar-refractivity contribution in [3.63, 3.8) is 0 Å². The minimum atomic E-state index is 0.130. The number of aryl methyl sites for hydroxylation is 2. The minimum absolute atomic E-state index is 0.130. The zero-order valence-electron chi connectivity index (χ0n) is 10.9. The molecule has 0 atom stereocenters. The number of Topliss-reactive ketones (excluding diaryl/α,β-unsaturated/α-hetero) is 1. The second-order valence-corrected chi connectivity index (χ2v) is 4.51. The van der Waals surface area contributed by atoms with Crippen molar-refractivity contribution in [3.8, 4) is 0 Å². The maximum atomic E-state index is 12.1. The molecular weight excluding hydrogens is 224 g/mol. The van der Waals surface area contributed by atoms with Gasteiger partial charge in [0.1, 0.15) is 5.82 Å². The smallest absolute Gasteiger partial charge is 0.182 e. The molecule has 94 valence electrons. The van der Waals surface area contributed by atoms with Gasteiger partial charge < -0.3 is 4.57 Å². The van der Waals surface area contributed by atoms with Gasteiger partial charge in [-0.25, -0.2) is 4.98 Å². The van der Waals surface area contributed by atoms with Gasteiger partial charge >= 0.3 is 0 Å². The fourth-order valence-corrected chi connectivity index (χ4v) is 1.92. The molecule has 0 amide bonds. The van der Waals surface area contributed by atoms with Crippen LogP contribution in [0, 0.1) is 6.92 Å². The number of carbonyl (C=O) groups is 1. The van der Waals surface area contributed by atoms with Gasteiger partial charge in [0.25, 0.3) is 0 Å². The van der Waals surface area contributed by atoms with Crippen molar-refractivity contribution < 1.29 is 4.79 Å². The molecule has 0 aliphatic carbocycles. The van der Waals surface area contributed by atoms with E-state index in [1.807, 2.05) is 42.0 Å². The Morgan fingerprint density at radius 1 is 1.28 bits per heavy atom. The highest BCUT2D eigenvalue weighted by Gasteiger charge is 2.09. The molecule has 3 heteroatoms. The van der Waals surface area contributed by atoms with E-state index in [0.717, 1.165) is 24.2 Å². The third-order valence-corrected chi connectivity index (χ3v) is 2.96. The normalized spacial score (nSPS) is 10.6. The summed E-state index contributed by atoms with van der Waals surface area (Å²) in [6.45, 7) is 4.50. The zero-order chi connectivity index (χ0) is 13.0. The molecule has 0 aliphatic heterocycles. The molecule has 2 rings (SSSR count). The number of hydrogen-bond acceptors (Lipinski definition) is 2. The second-order valence-electron chi connectivity index (χ2n) is 4.51. The van der Waals surface area contributed by atoms with E-state index in [-0.39, 0.29) is 5.78 Å². The van der Waals surface area contributed by atoms with Crippen molar-refractivity contribution in [2.24, 2.45) is 0 Å². The third-order valence-electron chi connectivity index (χ3n) is 2.96. The molecule has 0 fully saturated rings. The highest BCUT2D eigenvalue weighted by molar-refractivity contribution is 5.95. The van der Waals surface area contributed by atoms with Gasteiger partial charge in [-0.2, -0.15) is 0 Å². The molecule has 18 heavy (non-hydrogen) atoms. The molecule has 0 radical (unpaired) electrons. The Balaban J connectivity index is 2.11. The van der Waals surface area contributed by atoms with E-state index >= 15 is 0 Å². The average Bonchev–Trinajstić information content (AvgIpc) is 2.78. The van der Waals surface area contributed by atoms with Crippen molar-refractivity contribution in [1.29, 1.82) is 0 Å². The maximum Gasteiger partial charge on any atom is 0.182 e. The van der Waals surface area contributed by atoms with Crippen molar-refractivity contribution >= 4 is 5.78 Å². The van der Waals surface area contributed by atoms with Gasteiger partial charge in [-0.1, -0.05) is 36.8 Å². The number of carbonyl (C=O) groups excluding carboxylic acids is 1.